The molecule has 0 aromatic rings. The molecule has 28 heavy (non-hydrogen) atoms. The van der Waals surface area contributed by atoms with Gasteiger partial charge in [0.15, 0.2) is 5.88 Å². The maximum atomic E-state index is 7.38. The summed E-state index contributed by atoms with van der Waals surface area (Å²) in [5.74, 6) is 22.5. The number of rotatable bonds is 4. The van der Waals surface area contributed by atoms with E-state index in [0.29, 0.717) is 16.3 Å². The van der Waals surface area contributed by atoms with E-state index in [0.717, 1.165) is 6.42 Å². The number of hydrogen-bond acceptors (Lipinski definition) is 4. The summed E-state index contributed by atoms with van der Waals surface area (Å²) in [4.78, 5) is 4.22. The maximum absolute atomic E-state index is 7.38. The predicted octanol–water partition coefficient (Wildman–Crippen LogP) is 4.11. The van der Waals surface area contributed by atoms with Crippen LogP contribution in [0, 0.1) is 59.7 Å². The summed E-state index contributed by atoms with van der Waals surface area (Å²) in [7, 11) is -0.855. The van der Waals surface area contributed by atoms with E-state index in [1.165, 1.54) is 18.4 Å². The molecule has 6 heteroatoms. The Bertz CT molecular complexity index is 854. The minimum absolute atomic E-state index is 0. The molecule has 0 saturated heterocycles. The molecule has 0 spiro atoms. The van der Waals surface area contributed by atoms with Crippen LogP contribution in [-0.2, 0) is 4.43 Å². The molecule has 0 bridgehead atoms. The first-order valence-corrected chi connectivity index (χ1v) is 13.0. The minimum atomic E-state index is -1.53. The van der Waals surface area contributed by atoms with Crippen LogP contribution in [0.5, 0.6) is 0 Å². The maximum Gasteiger partial charge on any atom is 0.244 e. The van der Waals surface area contributed by atoms with E-state index in [9.17, 15) is 0 Å². The molecule has 1 aliphatic carbocycles. The fraction of sp³-hybridized carbons (Fsp3) is 0.318. The van der Waals surface area contributed by atoms with Gasteiger partial charge in [0.25, 0.3) is 0 Å². The van der Waals surface area contributed by atoms with Crippen LogP contribution in [0.1, 0.15) is 36.2 Å². The van der Waals surface area contributed by atoms with Crippen molar-refractivity contribution in [2.75, 3.05) is 0 Å². The van der Waals surface area contributed by atoms with Gasteiger partial charge in [-0.15, -0.1) is 6.42 Å². The second kappa shape index (κ2) is 18.9. The van der Waals surface area contributed by atoms with Crippen LogP contribution in [0.2, 0.25) is 19.6 Å². The van der Waals surface area contributed by atoms with Crippen molar-refractivity contribution in [3.63, 3.8) is 0 Å². The van der Waals surface area contributed by atoms with E-state index >= 15 is 0 Å². The summed E-state index contributed by atoms with van der Waals surface area (Å²) in [6, 6.07) is 0. The van der Waals surface area contributed by atoms with Gasteiger partial charge >= 0.3 is 0 Å². The van der Waals surface area contributed by atoms with Crippen LogP contribution in [0.15, 0.2) is 29.1 Å². The number of aliphatic imine (C=N–C) groups is 1. The summed E-state index contributed by atoms with van der Waals surface area (Å²) in [6.45, 7) is 11.9. The molecule has 0 radical (unpaired) electrons. The van der Waals surface area contributed by atoms with Crippen molar-refractivity contribution in [3.05, 3.63) is 24.1 Å². The van der Waals surface area contributed by atoms with Crippen molar-refractivity contribution in [1.82, 2.24) is 5.15 Å². The molecule has 1 aliphatic rings. The number of allylic oxidation sites excluding steroid dienone is 2. The molecule has 0 fully saturated rings. The summed E-state index contributed by atoms with van der Waals surface area (Å²) >= 11 is 0. The average molecular weight is 423 g/mol. The molecular formula is C22H42N2O2Si2. The number of nitrogens with zero attached hydrogens (tertiary/aromatic N) is 1. The zero-order valence-electron chi connectivity index (χ0n) is 17.4. The Morgan fingerprint density at radius 1 is 1.29 bits per heavy atom. The van der Waals surface area contributed by atoms with Gasteiger partial charge in [0, 0.05) is 16.2 Å². The highest BCUT2D eigenvalue weighted by Gasteiger charge is 2.16. The van der Waals surface area contributed by atoms with Crippen LogP contribution in [-0.4, -0.2) is 30.1 Å². The largest absolute Gasteiger partial charge is 0.532 e. The Hall–Kier alpha value is -2.90. The standard InChI is InChI=1S/C11H19NOSi.C11H4.H5NOSi.7H2/c1-10(13-14(2,3)4)12-9-11-7-5-6-8-11;1-3-5-7-9-11-10-8-6-4-2;2-1-3;;;;;;;/h7,9H,1,5-6,8H2,2-4H3;1H,2H3;1-2H,3H3;7*1H. The fourth-order valence-electron chi connectivity index (χ4n) is 1.60. The molecule has 4 nitrogen and oxygen atoms in total. The van der Waals surface area contributed by atoms with Crippen LogP contribution < -0.4 is 5.15 Å². The fourth-order valence-corrected chi connectivity index (χ4v) is 2.36. The predicted molar refractivity (Wildman–Crippen MR) is 139 cm³/mol. The molecule has 0 heterocycles. The second-order valence-electron chi connectivity index (χ2n) is 6.03. The van der Waals surface area contributed by atoms with E-state index in [4.69, 9.17) is 16.1 Å². The van der Waals surface area contributed by atoms with E-state index in [-0.39, 0.29) is 9.99 Å². The molecule has 160 valence electrons. The third kappa shape index (κ3) is 23.1. The van der Waals surface area contributed by atoms with Gasteiger partial charge in [-0.05, 0) is 105 Å². The first-order chi connectivity index (χ1) is 13.3. The Kier molecular flexibility index (Phi) is 18.4. The molecular weight excluding hydrogens is 380 g/mol. The lowest BCUT2D eigenvalue weighted by Gasteiger charge is -2.17. The van der Waals surface area contributed by atoms with Crippen molar-refractivity contribution in [1.29, 1.82) is 0 Å². The average Bonchev–Trinajstić information content (AvgIpc) is 3.13. The van der Waals surface area contributed by atoms with Gasteiger partial charge in [0.2, 0.25) is 8.32 Å². The highest BCUT2D eigenvalue weighted by Crippen LogP contribution is 2.16. The third-order valence-electron chi connectivity index (χ3n) is 2.45. The lowest BCUT2D eigenvalue weighted by atomic mass is 10.2. The molecule has 0 aromatic carbocycles. The molecule has 0 saturated carbocycles. The van der Waals surface area contributed by atoms with Crippen molar-refractivity contribution < 1.29 is 19.6 Å². The zero-order valence-corrected chi connectivity index (χ0v) is 20.4. The SMILES string of the molecule is C#CC#CC#CC#CC#CC.C=C(N=CC1=CCCC1)O[Si](C)(C)C.ON[SiH3].[HH].[HH].[HH].[HH].[HH].[HH].[HH]. The van der Waals surface area contributed by atoms with Crippen molar-refractivity contribution in [3.8, 4) is 59.7 Å². The van der Waals surface area contributed by atoms with Gasteiger partial charge < -0.3 is 9.63 Å². The van der Waals surface area contributed by atoms with Gasteiger partial charge in [0.05, 0.1) is 0 Å². The van der Waals surface area contributed by atoms with E-state index < -0.39 is 8.32 Å². The van der Waals surface area contributed by atoms with E-state index in [1.54, 1.807) is 6.92 Å². The topological polar surface area (TPSA) is 53.9 Å². The van der Waals surface area contributed by atoms with Gasteiger partial charge in [-0.25, -0.2) is 10.1 Å². The van der Waals surface area contributed by atoms with E-state index in [2.05, 4.69) is 90.6 Å². The Balaban J connectivity index is -0.0000000426. The monoisotopic (exact) mass is 422 g/mol. The quantitative estimate of drug-likeness (QED) is 0.236. The number of nitrogens with one attached hydrogen (secondary N) is 1. The van der Waals surface area contributed by atoms with Crippen molar-refractivity contribution in [2.24, 2.45) is 4.99 Å². The Morgan fingerprint density at radius 3 is 2.25 bits per heavy atom. The second-order valence-corrected chi connectivity index (χ2v) is 10.9. The number of hydrogen-bond donors (Lipinski definition) is 2. The highest BCUT2D eigenvalue weighted by molar-refractivity contribution is 6.70. The zero-order chi connectivity index (χ0) is 21.7. The summed E-state index contributed by atoms with van der Waals surface area (Å²) in [5.41, 5.74) is 1.31. The van der Waals surface area contributed by atoms with Gasteiger partial charge in [-0.3, -0.25) is 0 Å². The van der Waals surface area contributed by atoms with Crippen molar-refractivity contribution in [2.45, 2.75) is 45.8 Å². The summed E-state index contributed by atoms with van der Waals surface area (Å²) in [6.07, 6.45) is 12.5. The van der Waals surface area contributed by atoms with Gasteiger partial charge in [0.1, 0.15) is 10.4 Å². The summed E-state index contributed by atoms with van der Waals surface area (Å²) < 4.78 is 5.62. The lowest BCUT2D eigenvalue weighted by Crippen LogP contribution is -2.24. The molecule has 2 N–H and O–H groups in total. The lowest BCUT2D eigenvalue weighted by molar-refractivity contribution is 0.250. The van der Waals surface area contributed by atoms with Crippen molar-refractivity contribution >= 4 is 24.9 Å². The molecule has 1 rings (SSSR count). The third-order valence-corrected chi connectivity index (χ3v) is 3.29. The van der Waals surface area contributed by atoms with Crippen LogP contribution in [0.3, 0.4) is 0 Å². The van der Waals surface area contributed by atoms with Crippen LogP contribution >= 0.6 is 0 Å². The van der Waals surface area contributed by atoms with E-state index in [1.807, 2.05) is 11.4 Å². The first kappa shape index (κ1) is 27.3. The van der Waals surface area contributed by atoms with Gasteiger partial charge in [-0.2, -0.15) is 0 Å². The minimum Gasteiger partial charge on any atom is -0.532 e. The highest BCUT2D eigenvalue weighted by atomic mass is 28.4. The smallest absolute Gasteiger partial charge is 0.244 e. The number of terminal acetylenes is 1. The van der Waals surface area contributed by atoms with Crippen LogP contribution in [0.25, 0.3) is 0 Å². The Labute approximate surface area is 184 Å². The molecule has 0 unspecified atom stereocenters. The van der Waals surface area contributed by atoms with Gasteiger partial charge in [-0.1, -0.05) is 12.0 Å². The summed E-state index contributed by atoms with van der Waals surface area (Å²) in [5, 5.41) is 9.27. The molecule has 0 aromatic heterocycles. The first-order valence-electron chi connectivity index (χ1n) is 8.60. The normalized spacial score (nSPS) is 10.8. The van der Waals surface area contributed by atoms with Crippen LogP contribution in [0.4, 0.5) is 0 Å². The molecule has 0 amide bonds. The Morgan fingerprint density at radius 2 is 1.82 bits per heavy atom. The molecule has 0 aliphatic heterocycles. The molecule has 0 atom stereocenters.